The summed E-state index contributed by atoms with van der Waals surface area (Å²) in [5.41, 5.74) is 2.36. The van der Waals surface area contributed by atoms with Gasteiger partial charge in [0.25, 0.3) is 0 Å². The van der Waals surface area contributed by atoms with E-state index in [0.29, 0.717) is 0 Å². The second-order valence-corrected chi connectivity index (χ2v) is 3.95. The molecule has 2 aromatic rings. The van der Waals surface area contributed by atoms with Crippen LogP contribution >= 0.6 is 0 Å². The van der Waals surface area contributed by atoms with Gasteiger partial charge in [-0.2, -0.15) is 0 Å². The van der Waals surface area contributed by atoms with E-state index in [-0.39, 0.29) is 0 Å². The number of fused-ring (bicyclic) bond motifs is 2. The van der Waals surface area contributed by atoms with Crippen molar-refractivity contribution >= 4 is 28.9 Å². The Hall–Kier alpha value is -1.96. The van der Waals surface area contributed by atoms with Crippen molar-refractivity contribution in [2.24, 2.45) is 9.98 Å². The zero-order valence-corrected chi connectivity index (χ0v) is 8.07. The van der Waals surface area contributed by atoms with Gasteiger partial charge in [0.2, 0.25) is 0 Å². The largest absolute Gasteiger partial charge is 0.235 e. The van der Waals surface area contributed by atoms with Gasteiger partial charge in [-0.3, -0.25) is 0 Å². The minimum Gasteiger partial charge on any atom is -0.235 e. The van der Waals surface area contributed by atoms with Crippen molar-refractivity contribution < 1.29 is 0 Å². The summed E-state index contributed by atoms with van der Waals surface area (Å²) in [5, 5.41) is 5.06. The average molecular weight is 192 g/mol. The second kappa shape index (κ2) is 2.34. The fourth-order valence-electron chi connectivity index (χ4n) is 2.52. The molecule has 2 nitrogen and oxygen atoms in total. The fraction of sp³-hybridized carbons (Fsp3) is 0.0769. The van der Waals surface area contributed by atoms with E-state index in [1.807, 2.05) is 0 Å². The molecule has 0 radical (unpaired) electrons. The van der Waals surface area contributed by atoms with Crippen molar-refractivity contribution in [2.75, 3.05) is 0 Å². The molecule has 0 amide bonds. The number of aliphatic imine (C=N–C) groups is 1. The summed E-state index contributed by atoms with van der Waals surface area (Å²) in [5.74, 6) is 0. The van der Waals surface area contributed by atoms with E-state index in [9.17, 15) is 0 Å². The Morgan fingerprint density at radius 2 is 2.20 bits per heavy atom. The molecule has 0 saturated heterocycles. The van der Waals surface area contributed by atoms with Crippen LogP contribution in [0.25, 0.3) is 16.8 Å². The molecule has 0 N–H and O–H groups in total. The molecule has 0 unspecified atom stereocenters. The first-order valence-electron chi connectivity index (χ1n) is 5.09. The molecule has 0 bridgehead atoms. The highest BCUT2D eigenvalue weighted by molar-refractivity contribution is 5.93. The van der Waals surface area contributed by atoms with Crippen LogP contribution in [0.5, 0.6) is 0 Å². The maximum Gasteiger partial charge on any atom is 0.116 e. The molecule has 1 aliphatic heterocycles. The Morgan fingerprint density at radius 1 is 1.20 bits per heavy atom. The standard InChI is InChI=1S/C13H8N2/c1-2-8-4-5-10-12(8)9(3-1)6-11-13(10)15-7-14-11/h1-4,6-7H,5H2. The number of rotatable bonds is 0. The smallest absolute Gasteiger partial charge is 0.116 e. The van der Waals surface area contributed by atoms with Crippen LogP contribution < -0.4 is 10.6 Å². The SMILES string of the molecule is C1=Nc2cc3cccc4c3c(c2=N1)CC=4. The predicted octanol–water partition coefficient (Wildman–Crippen LogP) is 1.47. The van der Waals surface area contributed by atoms with Crippen molar-refractivity contribution in [3.05, 3.63) is 40.4 Å². The Labute approximate surface area is 86.3 Å². The minimum atomic E-state index is 0.992. The lowest BCUT2D eigenvalue weighted by Gasteiger charge is -2.01. The van der Waals surface area contributed by atoms with Crippen molar-refractivity contribution in [2.45, 2.75) is 6.42 Å². The normalized spacial score (nSPS) is 15.2. The fourth-order valence-corrected chi connectivity index (χ4v) is 2.52. The van der Waals surface area contributed by atoms with Crippen LogP contribution in [0.1, 0.15) is 5.56 Å². The van der Waals surface area contributed by atoms with Gasteiger partial charge in [-0.25, -0.2) is 9.98 Å². The summed E-state index contributed by atoms with van der Waals surface area (Å²) < 4.78 is 0. The average Bonchev–Trinajstić information content (AvgIpc) is 2.85. The molecule has 70 valence electrons. The van der Waals surface area contributed by atoms with Crippen LogP contribution in [0.4, 0.5) is 5.69 Å². The van der Waals surface area contributed by atoms with E-state index in [1.165, 1.54) is 21.6 Å². The van der Waals surface area contributed by atoms with Gasteiger partial charge in [0, 0.05) is 0 Å². The zero-order chi connectivity index (χ0) is 9.83. The molecule has 1 heterocycles. The van der Waals surface area contributed by atoms with Crippen molar-refractivity contribution in [3.8, 4) is 0 Å². The van der Waals surface area contributed by atoms with Gasteiger partial charge < -0.3 is 0 Å². The van der Waals surface area contributed by atoms with Gasteiger partial charge in [-0.05, 0) is 34.0 Å². The Balaban J connectivity index is 2.39. The highest BCUT2D eigenvalue weighted by Crippen LogP contribution is 2.23. The van der Waals surface area contributed by atoms with Crippen molar-refractivity contribution in [1.29, 1.82) is 0 Å². The number of hydrogen-bond donors (Lipinski definition) is 0. The van der Waals surface area contributed by atoms with Gasteiger partial charge in [-0.1, -0.05) is 24.3 Å². The Morgan fingerprint density at radius 3 is 3.20 bits per heavy atom. The third kappa shape index (κ3) is 0.796. The number of hydrogen-bond acceptors (Lipinski definition) is 2. The molecular weight excluding hydrogens is 184 g/mol. The molecule has 15 heavy (non-hydrogen) atoms. The van der Waals surface area contributed by atoms with E-state index >= 15 is 0 Å². The molecule has 2 heteroatoms. The van der Waals surface area contributed by atoms with Crippen molar-refractivity contribution in [3.63, 3.8) is 0 Å². The van der Waals surface area contributed by atoms with Gasteiger partial charge >= 0.3 is 0 Å². The highest BCUT2D eigenvalue weighted by atomic mass is 14.9. The lowest BCUT2D eigenvalue weighted by molar-refractivity contribution is 1.31. The van der Waals surface area contributed by atoms with Crippen LogP contribution in [-0.4, -0.2) is 6.34 Å². The van der Waals surface area contributed by atoms with Crippen LogP contribution in [0.3, 0.4) is 0 Å². The first-order chi connectivity index (χ1) is 7.43. The monoisotopic (exact) mass is 192 g/mol. The minimum absolute atomic E-state index is 0.992. The predicted molar refractivity (Wildman–Crippen MR) is 61.1 cm³/mol. The van der Waals surface area contributed by atoms with Crippen LogP contribution in [-0.2, 0) is 6.42 Å². The van der Waals surface area contributed by atoms with Gasteiger partial charge in [0.1, 0.15) is 6.34 Å². The van der Waals surface area contributed by atoms with Gasteiger partial charge in [0.05, 0.1) is 11.0 Å². The highest BCUT2D eigenvalue weighted by Gasteiger charge is 2.14. The molecule has 0 aromatic heterocycles. The number of nitrogens with zero attached hydrogens (tertiary/aromatic N) is 2. The van der Waals surface area contributed by atoms with E-state index in [0.717, 1.165) is 17.5 Å². The van der Waals surface area contributed by atoms with Gasteiger partial charge in [-0.15, -0.1) is 0 Å². The van der Waals surface area contributed by atoms with E-state index < -0.39 is 0 Å². The van der Waals surface area contributed by atoms with Crippen LogP contribution in [0, 0.1) is 0 Å². The van der Waals surface area contributed by atoms with Crippen LogP contribution in [0.2, 0.25) is 0 Å². The quantitative estimate of drug-likeness (QED) is 0.604. The second-order valence-electron chi connectivity index (χ2n) is 3.95. The Kier molecular flexibility index (Phi) is 1.15. The summed E-state index contributed by atoms with van der Waals surface area (Å²) in [7, 11) is 0. The van der Waals surface area contributed by atoms with Crippen LogP contribution in [0.15, 0.2) is 34.3 Å². The summed E-state index contributed by atoms with van der Waals surface area (Å²) in [6, 6.07) is 8.55. The first kappa shape index (κ1) is 7.35. The maximum atomic E-state index is 4.34. The number of benzene rings is 2. The summed E-state index contributed by atoms with van der Waals surface area (Å²) in [6.45, 7) is 0. The summed E-state index contributed by atoms with van der Waals surface area (Å²) in [4.78, 5) is 8.62. The van der Waals surface area contributed by atoms with Gasteiger partial charge in [0.15, 0.2) is 0 Å². The molecule has 0 spiro atoms. The summed E-state index contributed by atoms with van der Waals surface area (Å²) in [6.07, 6.45) is 4.91. The molecule has 2 aliphatic rings. The van der Waals surface area contributed by atoms with E-state index in [1.54, 1.807) is 6.34 Å². The van der Waals surface area contributed by atoms with E-state index in [2.05, 4.69) is 40.3 Å². The zero-order valence-electron chi connectivity index (χ0n) is 8.07. The summed E-state index contributed by atoms with van der Waals surface area (Å²) >= 11 is 0. The Bertz CT molecular complexity index is 739. The molecule has 0 atom stereocenters. The maximum absolute atomic E-state index is 4.34. The van der Waals surface area contributed by atoms with Crippen molar-refractivity contribution in [1.82, 2.24) is 0 Å². The topological polar surface area (TPSA) is 24.7 Å². The third-order valence-electron chi connectivity index (χ3n) is 3.16. The lowest BCUT2D eigenvalue weighted by atomic mass is 10.0. The molecule has 0 saturated carbocycles. The first-order valence-corrected chi connectivity index (χ1v) is 5.09. The molecular formula is C13H8N2. The third-order valence-corrected chi connectivity index (χ3v) is 3.16. The molecule has 0 fully saturated rings. The lowest BCUT2D eigenvalue weighted by Crippen LogP contribution is -2.08. The van der Waals surface area contributed by atoms with E-state index in [4.69, 9.17) is 0 Å². The molecule has 4 rings (SSSR count). The molecule has 2 aromatic carbocycles. The molecule has 1 aliphatic carbocycles.